The lowest BCUT2D eigenvalue weighted by Gasteiger charge is -2.14. The van der Waals surface area contributed by atoms with Crippen LogP contribution in [0, 0.1) is 0 Å². The number of methoxy groups -OCH3 is 1. The molecule has 1 aliphatic rings. The third kappa shape index (κ3) is 1.94. The van der Waals surface area contributed by atoms with E-state index in [0.29, 0.717) is 13.1 Å². The van der Waals surface area contributed by atoms with Crippen LogP contribution in [-0.2, 0) is 22.6 Å². The molecular weight excluding hydrogens is 192 g/mol. The second kappa shape index (κ2) is 3.90. The summed E-state index contributed by atoms with van der Waals surface area (Å²) in [7, 11) is 1.53. The van der Waals surface area contributed by atoms with E-state index in [4.69, 9.17) is 10.5 Å². The maximum absolute atomic E-state index is 11.6. The minimum absolute atomic E-state index is 0.0206. The summed E-state index contributed by atoms with van der Waals surface area (Å²) in [5, 5.41) is 0. The lowest BCUT2D eigenvalue weighted by atomic mass is 10.1. The van der Waals surface area contributed by atoms with Gasteiger partial charge in [-0.15, -0.1) is 0 Å². The van der Waals surface area contributed by atoms with E-state index in [1.165, 1.54) is 12.7 Å². The van der Waals surface area contributed by atoms with E-state index in [1.807, 2.05) is 18.2 Å². The summed E-state index contributed by atoms with van der Waals surface area (Å²) < 4.78 is 4.82. The smallest absolute Gasteiger partial charge is 0.249 e. The van der Waals surface area contributed by atoms with Gasteiger partial charge >= 0.3 is 0 Å². The number of carbonyl (C=O) groups excluding carboxylic acids is 1. The Hall–Kier alpha value is -1.55. The number of fused-ring (bicyclic) bond motifs is 1. The third-order valence-corrected chi connectivity index (χ3v) is 2.57. The van der Waals surface area contributed by atoms with Gasteiger partial charge in [-0.25, -0.2) is 0 Å². The number of amides is 1. The predicted molar refractivity (Wildman–Crippen MR) is 57.0 cm³/mol. The van der Waals surface area contributed by atoms with Gasteiger partial charge in [0.2, 0.25) is 5.91 Å². The van der Waals surface area contributed by atoms with Crippen molar-refractivity contribution in [1.82, 2.24) is 4.90 Å². The molecule has 0 radical (unpaired) electrons. The van der Waals surface area contributed by atoms with Crippen LogP contribution in [0.4, 0.5) is 5.69 Å². The fraction of sp³-hybridized carbons (Fsp3) is 0.364. The molecule has 4 nitrogen and oxygen atoms in total. The van der Waals surface area contributed by atoms with Gasteiger partial charge in [0.1, 0.15) is 6.61 Å². The average molecular weight is 206 g/mol. The highest BCUT2D eigenvalue weighted by Crippen LogP contribution is 2.24. The van der Waals surface area contributed by atoms with Gasteiger partial charge in [0.05, 0.1) is 0 Å². The fourth-order valence-electron chi connectivity index (χ4n) is 1.81. The molecule has 0 saturated heterocycles. The summed E-state index contributed by atoms with van der Waals surface area (Å²) in [6.07, 6.45) is 0. The number of ether oxygens (including phenoxy) is 1. The quantitative estimate of drug-likeness (QED) is 0.727. The zero-order valence-electron chi connectivity index (χ0n) is 8.69. The normalized spacial score (nSPS) is 14.1. The van der Waals surface area contributed by atoms with Gasteiger partial charge in [-0.3, -0.25) is 4.79 Å². The van der Waals surface area contributed by atoms with Gasteiger partial charge in [-0.2, -0.15) is 0 Å². The SMILES string of the molecule is COCC(=O)N1Cc2ccc(N)cc2C1. The molecule has 0 spiro atoms. The van der Waals surface area contributed by atoms with E-state index in [-0.39, 0.29) is 12.5 Å². The summed E-state index contributed by atoms with van der Waals surface area (Å²) in [4.78, 5) is 13.3. The maximum Gasteiger partial charge on any atom is 0.249 e. The Labute approximate surface area is 88.6 Å². The van der Waals surface area contributed by atoms with Gasteiger partial charge in [0.15, 0.2) is 0 Å². The first-order valence-corrected chi connectivity index (χ1v) is 4.84. The second-order valence-electron chi connectivity index (χ2n) is 3.71. The monoisotopic (exact) mass is 206 g/mol. The van der Waals surface area contributed by atoms with E-state index < -0.39 is 0 Å². The van der Waals surface area contributed by atoms with Crippen LogP contribution < -0.4 is 5.73 Å². The molecule has 0 aliphatic carbocycles. The van der Waals surface area contributed by atoms with Gasteiger partial charge in [-0.1, -0.05) is 6.07 Å². The number of hydrogen-bond donors (Lipinski definition) is 1. The standard InChI is InChI=1S/C11H14N2O2/c1-15-7-11(14)13-5-8-2-3-10(12)4-9(8)6-13/h2-4H,5-7,12H2,1H3. The minimum Gasteiger partial charge on any atom is -0.399 e. The van der Waals surface area contributed by atoms with Gasteiger partial charge < -0.3 is 15.4 Å². The maximum atomic E-state index is 11.6. The van der Waals surface area contributed by atoms with Crippen molar-refractivity contribution in [3.63, 3.8) is 0 Å². The number of nitrogens with two attached hydrogens (primary N) is 1. The van der Waals surface area contributed by atoms with Crippen molar-refractivity contribution in [2.75, 3.05) is 19.5 Å². The van der Waals surface area contributed by atoms with Crippen LogP contribution >= 0.6 is 0 Å². The van der Waals surface area contributed by atoms with Gasteiger partial charge in [0, 0.05) is 25.9 Å². The Morgan fingerprint density at radius 3 is 2.93 bits per heavy atom. The molecule has 1 aromatic carbocycles. The Morgan fingerprint density at radius 2 is 2.20 bits per heavy atom. The number of rotatable bonds is 2. The first-order valence-electron chi connectivity index (χ1n) is 4.84. The topological polar surface area (TPSA) is 55.6 Å². The number of carbonyl (C=O) groups is 1. The number of anilines is 1. The second-order valence-corrected chi connectivity index (χ2v) is 3.71. The third-order valence-electron chi connectivity index (χ3n) is 2.57. The summed E-state index contributed by atoms with van der Waals surface area (Å²) in [5.74, 6) is 0.0206. The van der Waals surface area contributed by atoms with Crippen molar-refractivity contribution < 1.29 is 9.53 Å². The minimum atomic E-state index is 0.0206. The van der Waals surface area contributed by atoms with Crippen molar-refractivity contribution in [1.29, 1.82) is 0 Å². The van der Waals surface area contributed by atoms with Crippen molar-refractivity contribution >= 4 is 11.6 Å². The van der Waals surface area contributed by atoms with Crippen LogP contribution in [0.5, 0.6) is 0 Å². The Morgan fingerprint density at radius 1 is 1.47 bits per heavy atom. The average Bonchev–Trinajstić information content (AvgIpc) is 2.60. The fourth-order valence-corrected chi connectivity index (χ4v) is 1.81. The molecule has 0 unspecified atom stereocenters. The number of benzene rings is 1. The van der Waals surface area contributed by atoms with Crippen molar-refractivity contribution in [3.8, 4) is 0 Å². The predicted octanol–water partition coefficient (Wildman–Crippen LogP) is 0.757. The molecule has 1 amide bonds. The van der Waals surface area contributed by atoms with E-state index in [2.05, 4.69) is 0 Å². The molecule has 0 atom stereocenters. The summed E-state index contributed by atoms with van der Waals surface area (Å²) in [6.45, 7) is 1.45. The van der Waals surface area contributed by atoms with Crippen LogP contribution in [0.1, 0.15) is 11.1 Å². The molecule has 15 heavy (non-hydrogen) atoms. The number of nitrogens with zero attached hydrogens (tertiary/aromatic N) is 1. The molecule has 4 heteroatoms. The summed E-state index contributed by atoms with van der Waals surface area (Å²) in [5.41, 5.74) is 8.74. The Kier molecular flexibility index (Phi) is 2.60. The molecule has 80 valence electrons. The van der Waals surface area contributed by atoms with Crippen molar-refractivity contribution in [2.45, 2.75) is 13.1 Å². The molecule has 2 N–H and O–H groups in total. The van der Waals surface area contributed by atoms with E-state index in [0.717, 1.165) is 11.3 Å². The molecule has 1 aliphatic heterocycles. The van der Waals surface area contributed by atoms with E-state index in [1.54, 1.807) is 4.90 Å². The highest BCUT2D eigenvalue weighted by atomic mass is 16.5. The highest BCUT2D eigenvalue weighted by Gasteiger charge is 2.22. The Balaban J connectivity index is 2.12. The van der Waals surface area contributed by atoms with E-state index >= 15 is 0 Å². The van der Waals surface area contributed by atoms with Gasteiger partial charge in [-0.05, 0) is 23.3 Å². The van der Waals surface area contributed by atoms with Gasteiger partial charge in [0.25, 0.3) is 0 Å². The summed E-state index contributed by atoms with van der Waals surface area (Å²) >= 11 is 0. The highest BCUT2D eigenvalue weighted by molar-refractivity contribution is 5.78. The lowest BCUT2D eigenvalue weighted by molar-refractivity contribution is -0.135. The Bertz CT molecular complexity index is 390. The molecule has 0 saturated carbocycles. The first kappa shape index (κ1) is 9.98. The van der Waals surface area contributed by atoms with Crippen LogP contribution in [-0.4, -0.2) is 24.5 Å². The lowest BCUT2D eigenvalue weighted by Crippen LogP contribution is -2.28. The zero-order valence-corrected chi connectivity index (χ0v) is 8.69. The van der Waals surface area contributed by atoms with Crippen LogP contribution in [0.25, 0.3) is 0 Å². The first-order chi connectivity index (χ1) is 7.20. The van der Waals surface area contributed by atoms with Crippen LogP contribution in [0.2, 0.25) is 0 Å². The summed E-state index contributed by atoms with van der Waals surface area (Å²) in [6, 6.07) is 5.77. The number of hydrogen-bond acceptors (Lipinski definition) is 3. The molecule has 0 aromatic heterocycles. The molecule has 1 heterocycles. The molecular formula is C11H14N2O2. The largest absolute Gasteiger partial charge is 0.399 e. The van der Waals surface area contributed by atoms with Crippen molar-refractivity contribution in [3.05, 3.63) is 29.3 Å². The molecule has 0 fully saturated rings. The van der Waals surface area contributed by atoms with Crippen LogP contribution in [0.3, 0.4) is 0 Å². The van der Waals surface area contributed by atoms with E-state index in [9.17, 15) is 4.79 Å². The molecule has 0 bridgehead atoms. The van der Waals surface area contributed by atoms with Crippen molar-refractivity contribution in [2.24, 2.45) is 0 Å². The zero-order chi connectivity index (χ0) is 10.8. The van der Waals surface area contributed by atoms with Crippen LogP contribution in [0.15, 0.2) is 18.2 Å². The molecule has 2 rings (SSSR count). The molecule has 1 aromatic rings. The number of nitrogen functional groups attached to an aromatic ring is 1.